The standard InChI is InChI=1S/C28H30ClN3O3/c1-5-34-25(20-15-17-21(29)18-16-20)19-28(26(33)27(2,3)4,35-22-11-7-6-8-12-22)32-24-14-10-9-13-23(24)30-31-32/h6-18,25H,5,19H2,1-4H3. The fourth-order valence-electron chi connectivity index (χ4n) is 4.21. The second-order valence-electron chi connectivity index (χ2n) is 9.47. The van der Waals surface area contributed by atoms with Crippen LogP contribution >= 0.6 is 11.6 Å². The summed E-state index contributed by atoms with van der Waals surface area (Å²) < 4.78 is 14.5. The van der Waals surface area contributed by atoms with Crippen molar-refractivity contribution in [3.8, 4) is 5.75 Å². The van der Waals surface area contributed by atoms with E-state index in [0.717, 1.165) is 5.56 Å². The van der Waals surface area contributed by atoms with Crippen molar-refractivity contribution < 1.29 is 14.3 Å². The highest BCUT2D eigenvalue weighted by atomic mass is 35.5. The number of halogens is 1. The smallest absolute Gasteiger partial charge is 0.265 e. The van der Waals surface area contributed by atoms with Gasteiger partial charge in [-0.25, -0.2) is 0 Å². The molecule has 1 aromatic heterocycles. The predicted octanol–water partition coefficient (Wildman–Crippen LogP) is 6.60. The van der Waals surface area contributed by atoms with E-state index < -0.39 is 17.2 Å². The van der Waals surface area contributed by atoms with E-state index in [-0.39, 0.29) is 12.2 Å². The summed E-state index contributed by atoms with van der Waals surface area (Å²) in [6.45, 7) is 8.04. The normalized spacial score (nSPS) is 14.4. The first-order chi connectivity index (χ1) is 16.7. The minimum atomic E-state index is -1.53. The molecule has 6 nitrogen and oxygen atoms in total. The summed E-state index contributed by atoms with van der Waals surface area (Å²) in [5, 5.41) is 9.44. The van der Waals surface area contributed by atoms with Gasteiger partial charge in [0.2, 0.25) is 5.78 Å². The molecule has 0 fully saturated rings. The van der Waals surface area contributed by atoms with Gasteiger partial charge in [-0.3, -0.25) is 4.79 Å². The fourth-order valence-corrected chi connectivity index (χ4v) is 4.34. The van der Waals surface area contributed by atoms with Crippen LogP contribution < -0.4 is 4.74 Å². The second-order valence-corrected chi connectivity index (χ2v) is 9.90. The number of carbonyl (C=O) groups is 1. The molecule has 0 aliphatic rings. The van der Waals surface area contributed by atoms with E-state index in [1.807, 2.05) is 107 Å². The van der Waals surface area contributed by atoms with Crippen molar-refractivity contribution in [3.05, 3.63) is 89.4 Å². The number of hydrogen-bond acceptors (Lipinski definition) is 5. The molecule has 0 amide bonds. The molecule has 0 aliphatic carbocycles. The van der Waals surface area contributed by atoms with Crippen molar-refractivity contribution in [1.29, 1.82) is 0 Å². The third-order valence-electron chi connectivity index (χ3n) is 5.83. The van der Waals surface area contributed by atoms with Crippen LogP contribution in [0.1, 0.15) is 45.8 Å². The van der Waals surface area contributed by atoms with Crippen LogP contribution in [0, 0.1) is 5.41 Å². The maximum atomic E-state index is 14.4. The number of carbonyl (C=O) groups excluding carboxylic acids is 1. The molecular formula is C28H30ClN3O3. The summed E-state index contributed by atoms with van der Waals surface area (Å²) in [5.74, 6) is 0.416. The maximum absolute atomic E-state index is 14.4. The molecule has 2 atom stereocenters. The summed E-state index contributed by atoms with van der Waals surface area (Å²) in [4.78, 5) is 14.4. The average Bonchev–Trinajstić information content (AvgIpc) is 3.28. The molecule has 3 aromatic carbocycles. The molecule has 4 rings (SSSR count). The van der Waals surface area contributed by atoms with Crippen molar-refractivity contribution in [2.24, 2.45) is 5.41 Å². The number of Topliss-reactive ketones (excluding diaryl/α,β-unsaturated/α-hetero) is 1. The van der Waals surface area contributed by atoms with Crippen LogP contribution in [0.5, 0.6) is 5.75 Å². The first-order valence-electron chi connectivity index (χ1n) is 11.7. The highest BCUT2D eigenvalue weighted by Gasteiger charge is 2.51. The maximum Gasteiger partial charge on any atom is 0.265 e. The molecule has 0 spiro atoms. The molecule has 4 aromatic rings. The van der Waals surface area contributed by atoms with Gasteiger partial charge in [0.15, 0.2) is 0 Å². The number of benzene rings is 3. The summed E-state index contributed by atoms with van der Waals surface area (Å²) >= 11 is 6.15. The first kappa shape index (κ1) is 24.9. The molecule has 7 heteroatoms. The minimum absolute atomic E-state index is 0.136. The molecule has 0 N–H and O–H groups in total. The fraction of sp³-hybridized carbons (Fsp3) is 0.321. The van der Waals surface area contributed by atoms with Crippen LogP contribution in [-0.2, 0) is 15.3 Å². The Kier molecular flexibility index (Phi) is 7.24. The molecule has 35 heavy (non-hydrogen) atoms. The quantitative estimate of drug-likeness (QED) is 0.264. The second kappa shape index (κ2) is 10.2. The highest BCUT2D eigenvalue weighted by molar-refractivity contribution is 6.30. The van der Waals surface area contributed by atoms with Crippen LogP contribution in [0.15, 0.2) is 78.9 Å². The van der Waals surface area contributed by atoms with Crippen molar-refractivity contribution in [2.45, 2.75) is 45.9 Å². The largest absolute Gasteiger partial charge is 0.458 e. The predicted molar refractivity (Wildman–Crippen MR) is 137 cm³/mol. The zero-order chi connectivity index (χ0) is 25.1. The molecule has 0 radical (unpaired) electrons. The number of para-hydroxylation sites is 2. The molecule has 2 unspecified atom stereocenters. The molecule has 0 saturated carbocycles. The lowest BCUT2D eigenvalue weighted by Gasteiger charge is -2.39. The number of ether oxygens (including phenoxy) is 2. The van der Waals surface area contributed by atoms with Gasteiger partial charge in [-0.15, -0.1) is 5.10 Å². The van der Waals surface area contributed by atoms with E-state index >= 15 is 0 Å². The van der Waals surface area contributed by atoms with Gasteiger partial charge in [0, 0.05) is 23.5 Å². The van der Waals surface area contributed by atoms with E-state index in [1.54, 1.807) is 4.68 Å². The zero-order valence-corrected chi connectivity index (χ0v) is 21.2. The third-order valence-corrected chi connectivity index (χ3v) is 6.08. The van der Waals surface area contributed by atoms with E-state index in [9.17, 15) is 4.79 Å². The number of hydrogen-bond donors (Lipinski definition) is 0. The van der Waals surface area contributed by atoms with Crippen LogP contribution in [0.25, 0.3) is 11.0 Å². The Morgan fingerprint density at radius 1 is 0.971 bits per heavy atom. The summed E-state index contributed by atoms with van der Waals surface area (Å²) in [7, 11) is 0. The molecular weight excluding hydrogens is 462 g/mol. The number of fused-ring (bicyclic) bond motifs is 1. The summed E-state index contributed by atoms with van der Waals surface area (Å²) in [6, 6.07) is 24.3. The Hall–Kier alpha value is -3.22. The number of rotatable bonds is 9. The van der Waals surface area contributed by atoms with Crippen LogP contribution in [0.2, 0.25) is 5.02 Å². The SMILES string of the molecule is CCOC(CC(Oc1ccccc1)(C(=O)C(C)(C)C)n1nnc2ccccc21)c1ccc(Cl)cc1. The average molecular weight is 492 g/mol. The molecule has 0 aliphatic heterocycles. The van der Waals surface area contributed by atoms with Crippen molar-refractivity contribution >= 4 is 28.4 Å². The van der Waals surface area contributed by atoms with Gasteiger partial charge < -0.3 is 9.47 Å². The van der Waals surface area contributed by atoms with E-state index in [1.165, 1.54) is 0 Å². The Bertz CT molecular complexity index is 1280. The molecule has 1 heterocycles. The van der Waals surface area contributed by atoms with Gasteiger partial charge in [-0.05, 0) is 48.9 Å². The lowest BCUT2D eigenvalue weighted by Crippen LogP contribution is -2.53. The summed E-state index contributed by atoms with van der Waals surface area (Å²) in [5.41, 5.74) is -0.0150. The van der Waals surface area contributed by atoms with Gasteiger partial charge >= 0.3 is 0 Å². The van der Waals surface area contributed by atoms with E-state index in [4.69, 9.17) is 21.1 Å². The third kappa shape index (κ3) is 5.24. The summed E-state index contributed by atoms with van der Waals surface area (Å²) in [6.07, 6.45) is -0.281. The van der Waals surface area contributed by atoms with Crippen LogP contribution in [0.3, 0.4) is 0 Å². The monoisotopic (exact) mass is 491 g/mol. The van der Waals surface area contributed by atoms with Gasteiger partial charge in [0.25, 0.3) is 5.72 Å². The lowest BCUT2D eigenvalue weighted by atomic mass is 9.81. The van der Waals surface area contributed by atoms with Gasteiger partial charge in [0.05, 0.1) is 11.6 Å². The molecule has 182 valence electrons. The molecule has 0 bridgehead atoms. The Balaban J connectivity index is 1.95. The van der Waals surface area contributed by atoms with Gasteiger partial charge in [0.1, 0.15) is 11.3 Å². The van der Waals surface area contributed by atoms with Crippen LogP contribution in [-0.4, -0.2) is 27.4 Å². The highest BCUT2D eigenvalue weighted by Crippen LogP contribution is 2.41. The minimum Gasteiger partial charge on any atom is -0.458 e. The lowest BCUT2D eigenvalue weighted by molar-refractivity contribution is -0.160. The van der Waals surface area contributed by atoms with Crippen LogP contribution in [0.4, 0.5) is 0 Å². The van der Waals surface area contributed by atoms with E-state index in [0.29, 0.717) is 28.4 Å². The van der Waals surface area contributed by atoms with Gasteiger partial charge in [-0.1, -0.05) is 80.1 Å². The first-order valence-corrected chi connectivity index (χ1v) is 12.1. The Labute approximate surface area is 210 Å². The Morgan fingerprint density at radius 2 is 1.63 bits per heavy atom. The van der Waals surface area contributed by atoms with Gasteiger partial charge in [-0.2, -0.15) is 4.68 Å². The zero-order valence-electron chi connectivity index (χ0n) is 20.4. The van der Waals surface area contributed by atoms with E-state index in [2.05, 4.69) is 10.3 Å². The number of aromatic nitrogens is 3. The van der Waals surface area contributed by atoms with Crippen molar-refractivity contribution in [2.75, 3.05) is 6.61 Å². The van der Waals surface area contributed by atoms with Crippen molar-refractivity contribution in [3.63, 3.8) is 0 Å². The topological polar surface area (TPSA) is 66.2 Å². The molecule has 0 saturated heterocycles. The number of nitrogens with zero attached hydrogens (tertiary/aromatic N) is 3. The van der Waals surface area contributed by atoms with Crippen molar-refractivity contribution in [1.82, 2.24) is 15.0 Å². The number of ketones is 1. The Morgan fingerprint density at radius 3 is 2.29 bits per heavy atom.